The summed E-state index contributed by atoms with van der Waals surface area (Å²) < 4.78 is 18.9. The number of carbonyl (C=O) groups excluding carboxylic acids is 1. The van der Waals surface area contributed by atoms with E-state index in [1.807, 2.05) is 6.92 Å². The summed E-state index contributed by atoms with van der Waals surface area (Å²) in [6, 6.07) is 4.18. The minimum Gasteiger partial charge on any atom is -0.492 e. The van der Waals surface area contributed by atoms with Gasteiger partial charge in [0.05, 0.1) is 12.8 Å². The maximum atomic E-state index is 13.5. The molecule has 4 nitrogen and oxygen atoms in total. The second-order valence-corrected chi connectivity index (χ2v) is 3.92. The Kier molecular flexibility index (Phi) is 4.18. The van der Waals surface area contributed by atoms with Gasteiger partial charge in [-0.25, -0.2) is 9.37 Å². The lowest BCUT2D eigenvalue weighted by Crippen LogP contribution is -2.08. The maximum absolute atomic E-state index is 13.5. The third-order valence-corrected chi connectivity index (χ3v) is 2.42. The molecule has 0 amide bonds. The van der Waals surface area contributed by atoms with Crippen LogP contribution in [0.2, 0.25) is 0 Å². The molecule has 5 heteroatoms. The van der Waals surface area contributed by atoms with Gasteiger partial charge in [0.2, 0.25) is 5.78 Å². The topological polar surface area (TPSA) is 52.1 Å². The number of hydrogen-bond donors (Lipinski definition) is 0. The Labute approximate surface area is 110 Å². The van der Waals surface area contributed by atoms with Gasteiger partial charge in [0.1, 0.15) is 11.4 Å². The number of ketones is 1. The summed E-state index contributed by atoms with van der Waals surface area (Å²) >= 11 is 0. The van der Waals surface area contributed by atoms with Gasteiger partial charge in [0, 0.05) is 18.0 Å². The molecule has 0 N–H and O–H groups in total. The van der Waals surface area contributed by atoms with Gasteiger partial charge in [-0.2, -0.15) is 0 Å². The van der Waals surface area contributed by atoms with Crippen LogP contribution in [-0.4, -0.2) is 22.4 Å². The first kappa shape index (κ1) is 13.1. The summed E-state index contributed by atoms with van der Waals surface area (Å²) in [6.07, 6.45) is 5.12. The van der Waals surface area contributed by atoms with Gasteiger partial charge in [0.15, 0.2) is 5.82 Å². The van der Waals surface area contributed by atoms with Gasteiger partial charge in [0.25, 0.3) is 0 Å². The van der Waals surface area contributed by atoms with Gasteiger partial charge in [-0.3, -0.25) is 9.78 Å². The third-order valence-electron chi connectivity index (χ3n) is 2.42. The van der Waals surface area contributed by atoms with E-state index in [1.165, 1.54) is 30.7 Å². The van der Waals surface area contributed by atoms with E-state index < -0.39 is 11.6 Å². The Morgan fingerprint density at radius 2 is 2.26 bits per heavy atom. The van der Waals surface area contributed by atoms with Crippen molar-refractivity contribution in [1.82, 2.24) is 9.97 Å². The second-order valence-electron chi connectivity index (χ2n) is 3.92. The number of nitrogens with zero attached hydrogens (tertiary/aromatic N) is 2. The van der Waals surface area contributed by atoms with Gasteiger partial charge in [-0.15, -0.1) is 0 Å². The SMILES string of the molecule is CCCOc1cncc(C(=O)c2ncccc2F)c1. The summed E-state index contributed by atoms with van der Waals surface area (Å²) in [4.78, 5) is 19.8. The van der Waals surface area contributed by atoms with Crippen molar-refractivity contribution in [3.63, 3.8) is 0 Å². The van der Waals surface area contributed by atoms with Crippen molar-refractivity contribution in [2.45, 2.75) is 13.3 Å². The smallest absolute Gasteiger partial charge is 0.216 e. The Balaban J connectivity index is 2.27. The van der Waals surface area contributed by atoms with Crippen molar-refractivity contribution in [3.05, 3.63) is 53.9 Å². The van der Waals surface area contributed by atoms with E-state index >= 15 is 0 Å². The van der Waals surface area contributed by atoms with Crippen LogP contribution in [0, 0.1) is 5.82 Å². The fourth-order valence-electron chi connectivity index (χ4n) is 1.53. The van der Waals surface area contributed by atoms with Crippen LogP contribution < -0.4 is 4.74 Å². The fourth-order valence-corrected chi connectivity index (χ4v) is 1.53. The van der Waals surface area contributed by atoms with Crippen LogP contribution >= 0.6 is 0 Å². The molecule has 0 saturated heterocycles. The fraction of sp³-hybridized carbons (Fsp3) is 0.214. The molecule has 0 unspecified atom stereocenters. The predicted octanol–water partition coefficient (Wildman–Crippen LogP) is 2.64. The van der Waals surface area contributed by atoms with Crippen LogP contribution in [0.4, 0.5) is 4.39 Å². The summed E-state index contributed by atoms with van der Waals surface area (Å²) in [7, 11) is 0. The quantitative estimate of drug-likeness (QED) is 0.775. The maximum Gasteiger partial charge on any atom is 0.216 e. The summed E-state index contributed by atoms with van der Waals surface area (Å²) in [5.41, 5.74) is 0.0446. The minimum absolute atomic E-state index is 0.211. The van der Waals surface area contributed by atoms with Crippen LogP contribution in [0.25, 0.3) is 0 Å². The summed E-state index contributed by atoms with van der Waals surface area (Å²) in [5.74, 6) is -0.663. The number of halogens is 1. The number of pyridine rings is 2. The molecule has 2 aromatic heterocycles. The highest BCUT2D eigenvalue weighted by atomic mass is 19.1. The zero-order valence-corrected chi connectivity index (χ0v) is 10.5. The molecule has 2 rings (SSSR count). The molecule has 0 aromatic carbocycles. The lowest BCUT2D eigenvalue weighted by atomic mass is 10.1. The molecular formula is C14H13FN2O2. The molecule has 0 aliphatic carbocycles. The number of hydrogen-bond acceptors (Lipinski definition) is 4. The zero-order valence-electron chi connectivity index (χ0n) is 10.5. The van der Waals surface area contributed by atoms with Gasteiger partial charge >= 0.3 is 0 Å². The number of ether oxygens (including phenoxy) is 1. The number of rotatable bonds is 5. The summed E-state index contributed by atoms with van der Waals surface area (Å²) in [5, 5.41) is 0. The molecule has 19 heavy (non-hydrogen) atoms. The van der Waals surface area contributed by atoms with Gasteiger partial charge in [-0.05, 0) is 24.6 Å². The molecule has 0 saturated carbocycles. The van der Waals surface area contributed by atoms with Crippen LogP contribution in [0.15, 0.2) is 36.8 Å². The van der Waals surface area contributed by atoms with Gasteiger partial charge < -0.3 is 4.74 Å². The van der Waals surface area contributed by atoms with Crippen LogP contribution in [-0.2, 0) is 0 Å². The van der Waals surface area contributed by atoms with E-state index in [1.54, 1.807) is 6.07 Å². The van der Waals surface area contributed by atoms with Crippen molar-refractivity contribution >= 4 is 5.78 Å². The van der Waals surface area contributed by atoms with Gasteiger partial charge in [-0.1, -0.05) is 6.92 Å². The Morgan fingerprint density at radius 3 is 3.00 bits per heavy atom. The Bertz CT molecular complexity index is 587. The molecule has 0 fully saturated rings. The van der Waals surface area contributed by atoms with Crippen molar-refractivity contribution < 1.29 is 13.9 Å². The Hall–Kier alpha value is -2.30. The number of aromatic nitrogens is 2. The molecule has 2 aromatic rings. The Morgan fingerprint density at radius 1 is 1.42 bits per heavy atom. The molecule has 0 aliphatic heterocycles. The standard InChI is InChI=1S/C14H13FN2O2/c1-2-6-19-11-7-10(8-16-9-11)14(18)13-12(15)4-3-5-17-13/h3-5,7-9H,2,6H2,1H3. The molecular weight excluding hydrogens is 247 g/mol. The molecule has 2 heterocycles. The van der Waals surface area contributed by atoms with E-state index in [0.717, 1.165) is 6.42 Å². The average molecular weight is 260 g/mol. The van der Waals surface area contributed by atoms with Crippen molar-refractivity contribution in [2.24, 2.45) is 0 Å². The largest absolute Gasteiger partial charge is 0.492 e. The normalized spacial score (nSPS) is 10.2. The van der Waals surface area contributed by atoms with Crippen molar-refractivity contribution in [1.29, 1.82) is 0 Å². The second kappa shape index (κ2) is 6.04. The summed E-state index contributed by atoms with van der Waals surface area (Å²) in [6.45, 7) is 2.52. The number of carbonyl (C=O) groups is 1. The molecule has 0 radical (unpaired) electrons. The molecule has 98 valence electrons. The van der Waals surface area contributed by atoms with E-state index in [2.05, 4.69) is 9.97 Å². The molecule has 0 bridgehead atoms. The first-order valence-corrected chi connectivity index (χ1v) is 5.95. The molecule has 0 atom stereocenters. The van der Waals surface area contributed by atoms with Crippen LogP contribution in [0.3, 0.4) is 0 Å². The first-order chi connectivity index (χ1) is 9.22. The third kappa shape index (κ3) is 3.13. The van der Waals surface area contributed by atoms with E-state index in [9.17, 15) is 9.18 Å². The highest BCUT2D eigenvalue weighted by Crippen LogP contribution is 2.15. The van der Waals surface area contributed by atoms with Crippen molar-refractivity contribution in [2.75, 3.05) is 6.61 Å². The lowest BCUT2D eigenvalue weighted by Gasteiger charge is -2.06. The lowest BCUT2D eigenvalue weighted by molar-refractivity contribution is 0.102. The van der Waals surface area contributed by atoms with E-state index in [0.29, 0.717) is 12.4 Å². The zero-order chi connectivity index (χ0) is 13.7. The molecule has 0 aliphatic rings. The molecule has 0 spiro atoms. The minimum atomic E-state index is -0.646. The van der Waals surface area contributed by atoms with E-state index in [4.69, 9.17) is 4.74 Å². The van der Waals surface area contributed by atoms with Crippen molar-refractivity contribution in [3.8, 4) is 5.75 Å². The van der Waals surface area contributed by atoms with Crippen LogP contribution in [0.1, 0.15) is 29.4 Å². The van der Waals surface area contributed by atoms with Crippen LogP contribution in [0.5, 0.6) is 5.75 Å². The van der Waals surface area contributed by atoms with E-state index in [-0.39, 0.29) is 11.3 Å². The predicted molar refractivity (Wildman–Crippen MR) is 67.7 cm³/mol. The highest BCUT2D eigenvalue weighted by molar-refractivity contribution is 6.07. The average Bonchev–Trinajstić information content (AvgIpc) is 2.45. The monoisotopic (exact) mass is 260 g/mol. The highest BCUT2D eigenvalue weighted by Gasteiger charge is 2.16. The first-order valence-electron chi connectivity index (χ1n) is 5.95.